The molecule has 3 nitrogen and oxygen atoms in total. The number of benzene rings is 1. The highest BCUT2D eigenvalue weighted by Crippen LogP contribution is 2.25. The Bertz CT molecular complexity index is 621. The second-order valence-corrected chi connectivity index (χ2v) is 4.49. The number of thiophene rings is 1. The number of rotatable bonds is 3. The van der Waals surface area contributed by atoms with Crippen molar-refractivity contribution in [2.75, 3.05) is 0 Å². The van der Waals surface area contributed by atoms with E-state index in [0.717, 1.165) is 15.8 Å². The van der Waals surface area contributed by atoms with Gasteiger partial charge in [0.2, 0.25) is 5.88 Å². The number of nitrogens with zero attached hydrogens (tertiary/aromatic N) is 2. The van der Waals surface area contributed by atoms with Crippen LogP contribution in [0.15, 0.2) is 48.1 Å². The molecule has 17 heavy (non-hydrogen) atoms. The van der Waals surface area contributed by atoms with E-state index in [1.165, 1.54) is 0 Å². The highest BCUT2D eigenvalue weighted by atomic mass is 32.1. The lowest BCUT2D eigenvalue weighted by Crippen LogP contribution is -1.97. The van der Waals surface area contributed by atoms with Gasteiger partial charge in [-0.3, -0.25) is 0 Å². The molecule has 4 heteroatoms. The molecule has 84 valence electrons. The van der Waals surface area contributed by atoms with E-state index in [2.05, 4.69) is 9.97 Å². The van der Waals surface area contributed by atoms with E-state index in [4.69, 9.17) is 4.74 Å². The van der Waals surface area contributed by atoms with E-state index < -0.39 is 0 Å². The summed E-state index contributed by atoms with van der Waals surface area (Å²) >= 11 is 1.59. The van der Waals surface area contributed by atoms with Gasteiger partial charge in [0.05, 0.1) is 5.39 Å². The van der Waals surface area contributed by atoms with Crippen molar-refractivity contribution >= 4 is 21.6 Å². The average Bonchev–Trinajstić information content (AvgIpc) is 2.86. The Morgan fingerprint density at radius 1 is 1.06 bits per heavy atom. The van der Waals surface area contributed by atoms with E-state index >= 15 is 0 Å². The lowest BCUT2D eigenvalue weighted by molar-refractivity contribution is 0.297. The maximum absolute atomic E-state index is 5.72. The smallest absolute Gasteiger partial charge is 0.225 e. The Hall–Kier alpha value is -1.94. The molecule has 0 amide bonds. The summed E-state index contributed by atoms with van der Waals surface area (Å²) in [7, 11) is 0. The van der Waals surface area contributed by atoms with Gasteiger partial charge in [-0.2, -0.15) is 0 Å². The Morgan fingerprint density at radius 2 is 1.94 bits per heavy atom. The maximum Gasteiger partial charge on any atom is 0.225 e. The molecule has 2 aromatic heterocycles. The van der Waals surface area contributed by atoms with Crippen LogP contribution in [0.3, 0.4) is 0 Å². The minimum absolute atomic E-state index is 0.531. The van der Waals surface area contributed by atoms with Gasteiger partial charge in [0.1, 0.15) is 17.8 Å². The molecule has 0 N–H and O–H groups in total. The molecular formula is C13H10N2OS. The average molecular weight is 242 g/mol. The summed E-state index contributed by atoms with van der Waals surface area (Å²) in [5, 5.41) is 2.97. The summed E-state index contributed by atoms with van der Waals surface area (Å²) < 4.78 is 5.72. The highest BCUT2D eigenvalue weighted by Gasteiger charge is 2.05. The lowest BCUT2D eigenvalue weighted by Gasteiger charge is -2.05. The number of hydrogen-bond donors (Lipinski definition) is 0. The van der Waals surface area contributed by atoms with Crippen LogP contribution in [-0.2, 0) is 6.61 Å². The van der Waals surface area contributed by atoms with Gasteiger partial charge in [-0.1, -0.05) is 30.3 Å². The Labute approximate surface area is 103 Å². The zero-order chi connectivity index (χ0) is 11.5. The number of aromatic nitrogens is 2. The Balaban J connectivity index is 1.84. The standard InChI is InChI=1S/C13H10N2OS/c1-2-4-10(5-3-1)8-16-12-11-6-7-17-13(11)15-9-14-12/h1-7,9H,8H2. The molecule has 0 aliphatic heterocycles. The molecule has 3 aromatic rings. The van der Waals surface area contributed by atoms with Crippen molar-refractivity contribution in [2.45, 2.75) is 6.61 Å². The van der Waals surface area contributed by atoms with Crippen LogP contribution < -0.4 is 4.74 Å². The van der Waals surface area contributed by atoms with Crippen LogP contribution in [0.25, 0.3) is 10.2 Å². The first-order chi connectivity index (χ1) is 8.43. The molecule has 0 saturated carbocycles. The van der Waals surface area contributed by atoms with E-state index in [-0.39, 0.29) is 0 Å². The van der Waals surface area contributed by atoms with Gasteiger partial charge in [-0.25, -0.2) is 9.97 Å². The molecule has 0 atom stereocenters. The van der Waals surface area contributed by atoms with Crippen LogP contribution in [0.4, 0.5) is 0 Å². The predicted molar refractivity (Wildman–Crippen MR) is 68.2 cm³/mol. The first-order valence-electron chi connectivity index (χ1n) is 5.28. The molecule has 0 fully saturated rings. The normalized spacial score (nSPS) is 10.6. The molecule has 0 unspecified atom stereocenters. The summed E-state index contributed by atoms with van der Waals surface area (Å²) in [6, 6.07) is 12.0. The molecule has 1 aromatic carbocycles. The lowest BCUT2D eigenvalue weighted by atomic mass is 10.2. The number of fused-ring (bicyclic) bond motifs is 1. The van der Waals surface area contributed by atoms with Crippen molar-refractivity contribution in [2.24, 2.45) is 0 Å². The molecule has 0 spiro atoms. The first kappa shape index (κ1) is 10.2. The third kappa shape index (κ3) is 2.12. The molecule has 0 bridgehead atoms. The van der Waals surface area contributed by atoms with Gasteiger partial charge in [0, 0.05) is 0 Å². The number of ether oxygens (including phenoxy) is 1. The van der Waals surface area contributed by atoms with Gasteiger partial charge in [-0.15, -0.1) is 11.3 Å². The minimum Gasteiger partial charge on any atom is -0.472 e. The zero-order valence-electron chi connectivity index (χ0n) is 9.04. The molecule has 3 rings (SSSR count). The van der Waals surface area contributed by atoms with Crippen LogP contribution in [0.2, 0.25) is 0 Å². The molecule has 0 saturated heterocycles. The Morgan fingerprint density at radius 3 is 2.82 bits per heavy atom. The molecule has 0 radical (unpaired) electrons. The van der Waals surface area contributed by atoms with Crippen molar-refractivity contribution in [1.29, 1.82) is 0 Å². The van der Waals surface area contributed by atoms with E-state index in [1.54, 1.807) is 17.7 Å². The topological polar surface area (TPSA) is 35.0 Å². The fraction of sp³-hybridized carbons (Fsp3) is 0.0769. The second kappa shape index (κ2) is 4.51. The van der Waals surface area contributed by atoms with Gasteiger partial charge in [-0.05, 0) is 17.0 Å². The Kier molecular flexibility index (Phi) is 2.71. The summed E-state index contributed by atoms with van der Waals surface area (Å²) in [6.07, 6.45) is 1.54. The van der Waals surface area contributed by atoms with Gasteiger partial charge in [0.15, 0.2) is 0 Å². The third-order valence-electron chi connectivity index (χ3n) is 2.44. The predicted octanol–water partition coefficient (Wildman–Crippen LogP) is 3.27. The van der Waals surface area contributed by atoms with Gasteiger partial charge >= 0.3 is 0 Å². The maximum atomic E-state index is 5.72. The minimum atomic E-state index is 0.531. The summed E-state index contributed by atoms with van der Waals surface area (Å²) in [5.41, 5.74) is 1.13. The van der Waals surface area contributed by atoms with Crippen molar-refractivity contribution < 1.29 is 4.74 Å². The summed E-state index contributed by atoms with van der Waals surface area (Å²) in [5.74, 6) is 0.653. The van der Waals surface area contributed by atoms with Crippen LogP contribution in [0, 0.1) is 0 Å². The van der Waals surface area contributed by atoms with Crippen LogP contribution in [0.1, 0.15) is 5.56 Å². The molecular weight excluding hydrogens is 232 g/mol. The summed E-state index contributed by atoms with van der Waals surface area (Å²) in [6.45, 7) is 0.531. The number of hydrogen-bond acceptors (Lipinski definition) is 4. The monoisotopic (exact) mass is 242 g/mol. The fourth-order valence-corrected chi connectivity index (χ4v) is 2.33. The molecule has 0 aliphatic rings. The molecule has 0 aliphatic carbocycles. The van der Waals surface area contributed by atoms with Crippen molar-refractivity contribution in [3.8, 4) is 5.88 Å². The molecule has 2 heterocycles. The zero-order valence-corrected chi connectivity index (χ0v) is 9.85. The van der Waals surface area contributed by atoms with Crippen molar-refractivity contribution in [1.82, 2.24) is 9.97 Å². The van der Waals surface area contributed by atoms with Crippen LogP contribution in [-0.4, -0.2) is 9.97 Å². The SMILES string of the molecule is c1ccc(COc2ncnc3sccc23)cc1. The van der Waals surface area contributed by atoms with Gasteiger partial charge < -0.3 is 4.74 Å². The van der Waals surface area contributed by atoms with Crippen molar-refractivity contribution in [3.63, 3.8) is 0 Å². The van der Waals surface area contributed by atoms with Crippen LogP contribution in [0.5, 0.6) is 5.88 Å². The first-order valence-corrected chi connectivity index (χ1v) is 6.16. The van der Waals surface area contributed by atoms with Crippen LogP contribution >= 0.6 is 11.3 Å². The van der Waals surface area contributed by atoms with E-state index in [0.29, 0.717) is 12.5 Å². The second-order valence-electron chi connectivity index (χ2n) is 3.59. The third-order valence-corrected chi connectivity index (χ3v) is 3.26. The highest BCUT2D eigenvalue weighted by molar-refractivity contribution is 7.16. The fourth-order valence-electron chi connectivity index (χ4n) is 1.61. The van der Waals surface area contributed by atoms with Crippen molar-refractivity contribution in [3.05, 3.63) is 53.7 Å². The van der Waals surface area contributed by atoms with E-state index in [9.17, 15) is 0 Å². The largest absolute Gasteiger partial charge is 0.472 e. The summed E-state index contributed by atoms with van der Waals surface area (Å²) in [4.78, 5) is 9.31. The van der Waals surface area contributed by atoms with E-state index in [1.807, 2.05) is 41.8 Å². The van der Waals surface area contributed by atoms with Gasteiger partial charge in [0.25, 0.3) is 0 Å². The quantitative estimate of drug-likeness (QED) is 0.707.